The van der Waals surface area contributed by atoms with Crippen LogP contribution >= 0.6 is 12.6 Å². The van der Waals surface area contributed by atoms with Crippen molar-refractivity contribution in [3.8, 4) is 0 Å². The molecule has 3 heteroatoms. The van der Waals surface area contributed by atoms with Gasteiger partial charge in [0, 0.05) is 4.90 Å². The zero-order valence-electron chi connectivity index (χ0n) is 7.70. The highest BCUT2D eigenvalue weighted by atomic mass is 32.1. The molecular weight excluding hydrogens is 184 g/mol. The summed E-state index contributed by atoms with van der Waals surface area (Å²) < 4.78 is 4.63. The van der Waals surface area contributed by atoms with E-state index in [1.165, 1.54) is 7.11 Å². The summed E-state index contributed by atoms with van der Waals surface area (Å²) in [5.41, 5.74) is 1.59. The Morgan fingerprint density at radius 3 is 2.77 bits per heavy atom. The zero-order valence-corrected chi connectivity index (χ0v) is 8.60. The number of benzene rings is 1. The van der Waals surface area contributed by atoms with Crippen molar-refractivity contribution in [2.24, 2.45) is 0 Å². The molecule has 2 nitrogen and oxygen atoms in total. The number of carbonyl (C=O) groups excluding carboxylic acids is 1. The summed E-state index contributed by atoms with van der Waals surface area (Å²) in [4.78, 5) is 12.0. The number of esters is 1. The Labute approximate surface area is 83.3 Å². The molecule has 0 bridgehead atoms. The van der Waals surface area contributed by atoms with Gasteiger partial charge in [-0.25, -0.2) is 4.79 Å². The predicted molar refractivity (Wildman–Crippen MR) is 54.4 cm³/mol. The maximum absolute atomic E-state index is 11.2. The van der Waals surface area contributed by atoms with E-state index in [9.17, 15) is 4.79 Å². The average Bonchev–Trinajstić information content (AvgIpc) is 2.17. The van der Waals surface area contributed by atoms with Gasteiger partial charge >= 0.3 is 5.97 Å². The quantitative estimate of drug-likeness (QED) is 0.580. The van der Waals surface area contributed by atoms with Gasteiger partial charge in [-0.05, 0) is 18.1 Å². The van der Waals surface area contributed by atoms with Crippen LogP contribution in [0.5, 0.6) is 0 Å². The van der Waals surface area contributed by atoms with Crippen molar-refractivity contribution in [1.82, 2.24) is 0 Å². The van der Waals surface area contributed by atoms with Crippen LogP contribution in [-0.4, -0.2) is 13.1 Å². The molecule has 0 saturated carbocycles. The second kappa shape index (κ2) is 4.33. The van der Waals surface area contributed by atoms with Crippen LogP contribution in [0.3, 0.4) is 0 Å². The largest absolute Gasteiger partial charge is 0.465 e. The van der Waals surface area contributed by atoms with Gasteiger partial charge < -0.3 is 4.74 Å². The average molecular weight is 196 g/mol. The lowest BCUT2D eigenvalue weighted by molar-refractivity contribution is 0.0596. The minimum absolute atomic E-state index is 0.333. The molecule has 0 heterocycles. The summed E-state index contributed by atoms with van der Waals surface area (Å²) in [7, 11) is 1.37. The molecule has 1 aromatic carbocycles. The third-order valence-electron chi connectivity index (χ3n) is 1.91. The molecule has 1 rings (SSSR count). The first kappa shape index (κ1) is 10.1. The van der Waals surface area contributed by atoms with Crippen LogP contribution in [0.25, 0.3) is 0 Å². The molecule has 0 N–H and O–H groups in total. The SMILES string of the molecule is CCc1cccc(C(=O)OC)c1S. The number of aryl methyl sites for hydroxylation is 1. The van der Waals surface area contributed by atoms with Crippen LogP contribution in [-0.2, 0) is 11.2 Å². The Balaban J connectivity index is 3.15. The summed E-state index contributed by atoms with van der Waals surface area (Å²) in [6, 6.07) is 5.51. The van der Waals surface area contributed by atoms with Gasteiger partial charge in [-0.3, -0.25) is 0 Å². The van der Waals surface area contributed by atoms with Crippen molar-refractivity contribution in [3.63, 3.8) is 0 Å². The summed E-state index contributed by atoms with van der Waals surface area (Å²) in [5.74, 6) is -0.333. The first-order valence-corrected chi connectivity index (χ1v) is 4.54. The molecule has 0 radical (unpaired) electrons. The molecule has 0 unspecified atom stereocenters. The van der Waals surface area contributed by atoms with Gasteiger partial charge in [-0.1, -0.05) is 19.1 Å². The highest BCUT2D eigenvalue weighted by Crippen LogP contribution is 2.20. The zero-order chi connectivity index (χ0) is 9.84. The summed E-state index contributed by atoms with van der Waals surface area (Å²) in [5, 5.41) is 0. The Morgan fingerprint density at radius 2 is 2.23 bits per heavy atom. The Kier molecular flexibility index (Phi) is 3.37. The van der Waals surface area contributed by atoms with Gasteiger partial charge in [0.05, 0.1) is 12.7 Å². The van der Waals surface area contributed by atoms with Crippen LogP contribution in [0.15, 0.2) is 23.1 Å². The molecule has 0 aliphatic rings. The smallest absolute Gasteiger partial charge is 0.338 e. The number of hydrogen-bond donors (Lipinski definition) is 1. The van der Waals surface area contributed by atoms with Gasteiger partial charge in [-0.2, -0.15) is 0 Å². The molecule has 0 aliphatic heterocycles. The Morgan fingerprint density at radius 1 is 1.54 bits per heavy atom. The Bertz CT molecular complexity index is 321. The number of methoxy groups -OCH3 is 1. The van der Waals surface area contributed by atoms with E-state index in [1.54, 1.807) is 6.07 Å². The molecule has 0 spiro atoms. The second-order valence-corrected chi connectivity index (χ2v) is 3.11. The van der Waals surface area contributed by atoms with Crippen molar-refractivity contribution in [1.29, 1.82) is 0 Å². The van der Waals surface area contributed by atoms with E-state index in [0.717, 1.165) is 16.9 Å². The number of thiol groups is 1. The molecular formula is C10H12O2S. The minimum Gasteiger partial charge on any atom is -0.465 e. The lowest BCUT2D eigenvalue weighted by atomic mass is 10.1. The van der Waals surface area contributed by atoms with Crippen LogP contribution in [0.4, 0.5) is 0 Å². The lowest BCUT2D eigenvalue weighted by Gasteiger charge is -2.06. The first-order chi connectivity index (χ1) is 6.20. The maximum atomic E-state index is 11.2. The second-order valence-electron chi connectivity index (χ2n) is 2.66. The van der Waals surface area contributed by atoms with Crippen LogP contribution < -0.4 is 0 Å². The molecule has 1 aromatic rings. The van der Waals surface area contributed by atoms with Crippen molar-refractivity contribution in [2.45, 2.75) is 18.2 Å². The van der Waals surface area contributed by atoms with E-state index < -0.39 is 0 Å². The molecule has 0 atom stereocenters. The fourth-order valence-corrected chi connectivity index (χ4v) is 1.55. The number of ether oxygens (including phenoxy) is 1. The molecule has 13 heavy (non-hydrogen) atoms. The predicted octanol–water partition coefficient (Wildman–Crippen LogP) is 2.32. The highest BCUT2D eigenvalue weighted by molar-refractivity contribution is 7.80. The number of rotatable bonds is 2. The van der Waals surface area contributed by atoms with E-state index in [2.05, 4.69) is 17.4 Å². The van der Waals surface area contributed by atoms with Crippen LogP contribution in [0.2, 0.25) is 0 Å². The number of carbonyl (C=O) groups is 1. The van der Waals surface area contributed by atoms with E-state index >= 15 is 0 Å². The summed E-state index contributed by atoms with van der Waals surface area (Å²) in [6.07, 6.45) is 0.865. The van der Waals surface area contributed by atoms with Gasteiger partial charge in [0.2, 0.25) is 0 Å². The van der Waals surface area contributed by atoms with Gasteiger partial charge in [0.15, 0.2) is 0 Å². The highest BCUT2D eigenvalue weighted by Gasteiger charge is 2.10. The Hall–Kier alpha value is -0.960. The number of hydrogen-bond acceptors (Lipinski definition) is 3. The van der Waals surface area contributed by atoms with Gasteiger partial charge in [0.1, 0.15) is 0 Å². The first-order valence-electron chi connectivity index (χ1n) is 4.09. The van der Waals surface area contributed by atoms with E-state index in [-0.39, 0.29) is 5.97 Å². The molecule has 0 fully saturated rings. The summed E-state index contributed by atoms with van der Waals surface area (Å²) in [6.45, 7) is 2.02. The minimum atomic E-state index is -0.333. The third kappa shape index (κ3) is 2.04. The normalized spacial score (nSPS) is 9.77. The summed E-state index contributed by atoms with van der Waals surface area (Å²) >= 11 is 4.28. The molecule has 0 saturated heterocycles. The van der Waals surface area contributed by atoms with E-state index in [4.69, 9.17) is 0 Å². The monoisotopic (exact) mass is 196 g/mol. The molecule has 70 valence electrons. The molecule has 0 amide bonds. The molecule has 0 aliphatic carbocycles. The molecule has 0 aromatic heterocycles. The van der Waals surface area contributed by atoms with Crippen LogP contribution in [0.1, 0.15) is 22.8 Å². The topological polar surface area (TPSA) is 26.3 Å². The lowest BCUT2D eigenvalue weighted by Crippen LogP contribution is -2.03. The van der Waals surface area contributed by atoms with Gasteiger partial charge in [-0.15, -0.1) is 12.6 Å². The fourth-order valence-electron chi connectivity index (χ4n) is 1.15. The third-order valence-corrected chi connectivity index (χ3v) is 2.43. The van der Waals surface area contributed by atoms with E-state index in [0.29, 0.717) is 5.56 Å². The van der Waals surface area contributed by atoms with Crippen molar-refractivity contribution in [3.05, 3.63) is 29.3 Å². The van der Waals surface area contributed by atoms with Crippen molar-refractivity contribution in [2.75, 3.05) is 7.11 Å². The van der Waals surface area contributed by atoms with Crippen LogP contribution in [0, 0.1) is 0 Å². The van der Waals surface area contributed by atoms with Gasteiger partial charge in [0.25, 0.3) is 0 Å². The van der Waals surface area contributed by atoms with E-state index in [1.807, 2.05) is 19.1 Å². The van der Waals surface area contributed by atoms with Crippen molar-refractivity contribution < 1.29 is 9.53 Å². The standard InChI is InChI=1S/C10H12O2S/c1-3-7-5-4-6-8(9(7)13)10(11)12-2/h4-6,13H,3H2,1-2H3. The maximum Gasteiger partial charge on any atom is 0.338 e. The fraction of sp³-hybridized carbons (Fsp3) is 0.300. The van der Waals surface area contributed by atoms with Crippen molar-refractivity contribution >= 4 is 18.6 Å².